The number of hydrogen-bond acceptors (Lipinski definition) is 4. The Hall–Kier alpha value is -1.21. The lowest BCUT2D eigenvalue weighted by Crippen LogP contribution is -2.36. The molecule has 0 radical (unpaired) electrons. The van der Waals surface area contributed by atoms with E-state index in [1.54, 1.807) is 11.8 Å². The van der Waals surface area contributed by atoms with Gasteiger partial charge in [-0.3, -0.25) is 4.79 Å². The number of rotatable bonds is 10. The number of nitrogens with two attached hydrogens (primary N) is 1. The van der Waals surface area contributed by atoms with Gasteiger partial charge in [0, 0.05) is 35.9 Å². The number of carbonyl (C=O) groups excluding carboxylic acids is 1. The van der Waals surface area contributed by atoms with Crippen LogP contribution < -0.4 is 11.1 Å². The standard InChI is InChI=1S/C19H30N4OS.ClH/c1-4-22(5-2)11-12-23-10-8-15-14-16(6-7-18(15)23)21-19(24)17(20)9-13-25-3;/h6-8,10,14,17H,4-5,9,11-13,20H2,1-3H3,(H,21,24);1H/t17-;/m0./s1. The summed E-state index contributed by atoms with van der Waals surface area (Å²) in [6.45, 7) is 8.54. The van der Waals surface area contributed by atoms with Gasteiger partial charge in [0.25, 0.3) is 0 Å². The maximum Gasteiger partial charge on any atom is 0.241 e. The van der Waals surface area contributed by atoms with Gasteiger partial charge in [0.05, 0.1) is 6.04 Å². The number of nitrogens with zero attached hydrogens (tertiary/aromatic N) is 2. The minimum absolute atomic E-state index is 0. The van der Waals surface area contributed by atoms with Gasteiger partial charge < -0.3 is 20.5 Å². The van der Waals surface area contributed by atoms with Gasteiger partial charge in [-0.05, 0) is 55.8 Å². The van der Waals surface area contributed by atoms with Crippen molar-refractivity contribution in [2.24, 2.45) is 5.73 Å². The molecule has 1 atom stereocenters. The smallest absolute Gasteiger partial charge is 0.241 e. The van der Waals surface area contributed by atoms with Crippen LogP contribution in [0.15, 0.2) is 30.5 Å². The molecule has 1 heterocycles. The number of benzene rings is 1. The summed E-state index contributed by atoms with van der Waals surface area (Å²) in [7, 11) is 0. The van der Waals surface area contributed by atoms with Crippen LogP contribution in [0.4, 0.5) is 5.69 Å². The van der Waals surface area contributed by atoms with Crippen molar-refractivity contribution in [3.8, 4) is 0 Å². The lowest BCUT2D eigenvalue weighted by atomic mass is 10.2. The summed E-state index contributed by atoms with van der Waals surface area (Å²) in [5.74, 6) is 0.776. The first-order chi connectivity index (χ1) is 12.1. The fraction of sp³-hybridized carbons (Fsp3) is 0.526. The van der Waals surface area contributed by atoms with E-state index in [1.165, 1.54) is 5.52 Å². The normalized spacial score (nSPS) is 12.2. The lowest BCUT2D eigenvalue weighted by molar-refractivity contribution is -0.117. The van der Waals surface area contributed by atoms with Crippen LogP contribution in [0.1, 0.15) is 20.3 Å². The van der Waals surface area contributed by atoms with E-state index in [2.05, 4.69) is 47.0 Å². The van der Waals surface area contributed by atoms with E-state index in [1.807, 2.05) is 18.4 Å². The van der Waals surface area contributed by atoms with E-state index in [-0.39, 0.29) is 18.3 Å². The Morgan fingerprint density at radius 3 is 2.69 bits per heavy atom. The number of nitrogens with one attached hydrogen (secondary N) is 1. The molecular weight excluding hydrogens is 368 g/mol. The summed E-state index contributed by atoms with van der Waals surface area (Å²) in [5.41, 5.74) is 7.92. The monoisotopic (exact) mass is 398 g/mol. The van der Waals surface area contributed by atoms with E-state index in [0.717, 1.165) is 43.0 Å². The molecule has 0 saturated heterocycles. The summed E-state index contributed by atoms with van der Waals surface area (Å²) >= 11 is 1.70. The quantitative estimate of drug-likeness (QED) is 0.643. The van der Waals surface area contributed by atoms with Crippen LogP contribution in [0.25, 0.3) is 10.9 Å². The fourth-order valence-corrected chi connectivity index (χ4v) is 3.36. The van der Waals surface area contributed by atoms with Gasteiger partial charge in [0.15, 0.2) is 0 Å². The number of aromatic nitrogens is 1. The average Bonchev–Trinajstić information content (AvgIpc) is 3.02. The Labute approximate surface area is 167 Å². The van der Waals surface area contributed by atoms with E-state index < -0.39 is 6.04 Å². The molecule has 2 rings (SSSR count). The van der Waals surface area contributed by atoms with Crippen LogP contribution >= 0.6 is 24.2 Å². The molecular formula is C19H31ClN4OS. The highest BCUT2D eigenvalue weighted by atomic mass is 35.5. The van der Waals surface area contributed by atoms with Gasteiger partial charge in [0.1, 0.15) is 0 Å². The molecule has 0 aliphatic carbocycles. The first-order valence-corrected chi connectivity index (χ1v) is 10.3. The molecule has 5 nitrogen and oxygen atoms in total. The number of thioether (sulfide) groups is 1. The van der Waals surface area contributed by atoms with Crippen molar-refractivity contribution in [2.45, 2.75) is 32.9 Å². The molecule has 26 heavy (non-hydrogen) atoms. The number of likely N-dealkylation sites (N-methyl/N-ethyl adjacent to an activating group) is 1. The summed E-state index contributed by atoms with van der Waals surface area (Å²) in [6, 6.07) is 7.68. The third kappa shape index (κ3) is 6.20. The van der Waals surface area contributed by atoms with Gasteiger partial charge in [-0.15, -0.1) is 12.4 Å². The summed E-state index contributed by atoms with van der Waals surface area (Å²) < 4.78 is 2.27. The van der Waals surface area contributed by atoms with E-state index in [4.69, 9.17) is 5.73 Å². The van der Waals surface area contributed by atoms with Crippen molar-refractivity contribution in [1.29, 1.82) is 0 Å². The highest BCUT2D eigenvalue weighted by Gasteiger charge is 2.13. The van der Waals surface area contributed by atoms with Crippen molar-refractivity contribution in [3.63, 3.8) is 0 Å². The zero-order valence-electron chi connectivity index (χ0n) is 15.9. The number of anilines is 1. The average molecular weight is 399 g/mol. The second kappa shape index (κ2) is 11.5. The Bertz CT molecular complexity index is 687. The first-order valence-electron chi connectivity index (χ1n) is 8.95. The topological polar surface area (TPSA) is 63.3 Å². The maximum atomic E-state index is 12.1. The Morgan fingerprint density at radius 2 is 2.04 bits per heavy atom. The molecule has 1 aromatic carbocycles. The number of fused-ring (bicyclic) bond motifs is 1. The Balaban J connectivity index is 0.00000338. The third-order valence-corrected chi connectivity index (χ3v) is 5.20. The molecule has 3 N–H and O–H groups in total. The van der Waals surface area contributed by atoms with Crippen LogP contribution in [0, 0.1) is 0 Å². The predicted molar refractivity (Wildman–Crippen MR) is 117 cm³/mol. The number of carbonyl (C=O) groups is 1. The zero-order valence-corrected chi connectivity index (χ0v) is 17.5. The van der Waals surface area contributed by atoms with Crippen LogP contribution in [-0.4, -0.2) is 53.1 Å². The van der Waals surface area contributed by atoms with Gasteiger partial charge >= 0.3 is 0 Å². The molecule has 0 unspecified atom stereocenters. The SMILES string of the molecule is CCN(CC)CCn1ccc2cc(NC(=O)[C@@H](N)CCSC)ccc21.Cl. The molecule has 2 aromatic rings. The summed E-state index contributed by atoms with van der Waals surface area (Å²) in [4.78, 5) is 14.6. The minimum atomic E-state index is -0.457. The first kappa shape index (κ1) is 22.8. The molecule has 0 fully saturated rings. The largest absolute Gasteiger partial charge is 0.346 e. The number of hydrogen-bond donors (Lipinski definition) is 2. The van der Waals surface area contributed by atoms with Gasteiger partial charge in [-0.1, -0.05) is 13.8 Å². The molecule has 0 spiro atoms. The molecule has 0 aliphatic heterocycles. The van der Waals surface area contributed by atoms with E-state index in [0.29, 0.717) is 6.42 Å². The predicted octanol–water partition coefficient (Wildman–Crippen LogP) is 3.42. The van der Waals surface area contributed by atoms with Crippen molar-refractivity contribution in [1.82, 2.24) is 9.47 Å². The zero-order chi connectivity index (χ0) is 18.2. The van der Waals surface area contributed by atoms with Crippen molar-refractivity contribution >= 4 is 46.7 Å². The van der Waals surface area contributed by atoms with E-state index >= 15 is 0 Å². The molecule has 0 aliphatic rings. The second-order valence-electron chi connectivity index (χ2n) is 6.19. The van der Waals surface area contributed by atoms with Crippen LogP contribution in [-0.2, 0) is 11.3 Å². The molecule has 0 bridgehead atoms. The van der Waals surface area contributed by atoms with E-state index in [9.17, 15) is 4.79 Å². The minimum Gasteiger partial charge on any atom is -0.346 e. The molecule has 1 amide bonds. The fourth-order valence-electron chi connectivity index (χ4n) is 2.87. The lowest BCUT2D eigenvalue weighted by Gasteiger charge is -2.18. The van der Waals surface area contributed by atoms with Crippen molar-refractivity contribution in [2.75, 3.05) is 37.0 Å². The molecule has 0 saturated carbocycles. The molecule has 7 heteroatoms. The Kier molecular flexibility index (Phi) is 10.1. The van der Waals surface area contributed by atoms with Crippen molar-refractivity contribution in [3.05, 3.63) is 30.5 Å². The molecule has 146 valence electrons. The van der Waals surface area contributed by atoms with Gasteiger partial charge in [-0.25, -0.2) is 0 Å². The van der Waals surface area contributed by atoms with Gasteiger partial charge in [0.2, 0.25) is 5.91 Å². The third-order valence-electron chi connectivity index (χ3n) is 4.56. The number of amides is 1. The number of halogens is 1. The summed E-state index contributed by atoms with van der Waals surface area (Å²) in [6.07, 6.45) is 4.82. The molecule has 1 aromatic heterocycles. The summed E-state index contributed by atoms with van der Waals surface area (Å²) in [5, 5.41) is 4.06. The van der Waals surface area contributed by atoms with Crippen LogP contribution in [0.5, 0.6) is 0 Å². The van der Waals surface area contributed by atoms with Gasteiger partial charge in [-0.2, -0.15) is 11.8 Å². The highest BCUT2D eigenvalue weighted by molar-refractivity contribution is 7.98. The van der Waals surface area contributed by atoms with Crippen molar-refractivity contribution < 1.29 is 4.79 Å². The highest BCUT2D eigenvalue weighted by Crippen LogP contribution is 2.21. The second-order valence-corrected chi connectivity index (χ2v) is 7.17. The van der Waals surface area contributed by atoms with Crippen LogP contribution in [0.3, 0.4) is 0 Å². The Morgan fingerprint density at radius 1 is 1.31 bits per heavy atom. The van der Waals surface area contributed by atoms with Crippen LogP contribution in [0.2, 0.25) is 0 Å². The maximum absolute atomic E-state index is 12.1.